The van der Waals surface area contributed by atoms with Crippen molar-refractivity contribution in [2.45, 2.75) is 30.7 Å². The number of rotatable bonds is 5. The fourth-order valence-electron chi connectivity index (χ4n) is 3.59. The molecule has 9 nitrogen and oxygen atoms in total. The molecule has 1 unspecified atom stereocenters. The number of hydrogen-bond acceptors (Lipinski definition) is 7. The third kappa shape index (κ3) is 3.68. The summed E-state index contributed by atoms with van der Waals surface area (Å²) < 4.78 is 41.2. The van der Waals surface area contributed by atoms with Gasteiger partial charge in [0.1, 0.15) is 10.6 Å². The summed E-state index contributed by atoms with van der Waals surface area (Å²) in [5.74, 6) is 0.0783. The van der Waals surface area contributed by atoms with Gasteiger partial charge in [-0.3, -0.25) is 0 Å². The van der Waals surface area contributed by atoms with Crippen molar-refractivity contribution in [3.05, 3.63) is 35.9 Å². The number of aromatic carboxylic acids is 1. The van der Waals surface area contributed by atoms with Crippen LogP contribution >= 0.6 is 0 Å². The van der Waals surface area contributed by atoms with Crippen molar-refractivity contribution in [1.82, 2.24) is 0 Å². The van der Waals surface area contributed by atoms with Gasteiger partial charge in [0.2, 0.25) is 16.8 Å². The second kappa shape index (κ2) is 7.12. The Balaban J connectivity index is 1.88. The summed E-state index contributed by atoms with van der Waals surface area (Å²) in [6.07, 6.45) is 1.79. The van der Waals surface area contributed by atoms with E-state index in [1.54, 1.807) is 18.2 Å². The van der Waals surface area contributed by atoms with Gasteiger partial charge in [0, 0.05) is 18.7 Å². The van der Waals surface area contributed by atoms with Crippen molar-refractivity contribution in [2.75, 3.05) is 18.2 Å². The first-order valence-electron chi connectivity index (χ1n) is 9.02. The molecule has 0 aromatic heterocycles. The molecule has 3 N–H and O–H groups in total. The summed E-state index contributed by atoms with van der Waals surface area (Å²) in [4.78, 5) is 13.1. The molecule has 1 fully saturated rings. The molecule has 0 bridgehead atoms. The van der Waals surface area contributed by atoms with E-state index in [1.807, 2.05) is 11.8 Å². The van der Waals surface area contributed by atoms with Crippen molar-refractivity contribution >= 4 is 21.7 Å². The normalized spacial score (nSPS) is 18.1. The first-order chi connectivity index (χ1) is 13.7. The van der Waals surface area contributed by atoms with Crippen molar-refractivity contribution < 1.29 is 32.5 Å². The summed E-state index contributed by atoms with van der Waals surface area (Å²) in [7, 11) is -4.26. The highest BCUT2D eigenvalue weighted by atomic mass is 32.2. The average molecular weight is 420 g/mol. The van der Waals surface area contributed by atoms with Crippen LogP contribution < -0.4 is 24.2 Å². The Bertz CT molecular complexity index is 1080. The Labute approximate surface area is 167 Å². The third-order valence-electron chi connectivity index (χ3n) is 5.02. The monoisotopic (exact) mass is 420 g/mol. The molecule has 2 aliphatic heterocycles. The number of carboxylic acids is 1. The van der Waals surface area contributed by atoms with E-state index in [-0.39, 0.29) is 29.0 Å². The van der Waals surface area contributed by atoms with Gasteiger partial charge in [-0.05, 0) is 44.0 Å². The fraction of sp³-hybridized carbons (Fsp3) is 0.316. The Morgan fingerprint density at radius 3 is 2.66 bits per heavy atom. The SMILES string of the molecule is CC1CCCN1c1cc(C(=O)O)cc(S(N)(=O)=O)c1Oc1ccc2c(c1)OCO2. The largest absolute Gasteiger partial charge is 0.478 e. The second-order valence-corrected chi connectivity index (χ2v) is 8.50. The average Bonchev–Trinajstić information content (AvgIpc) is 3.29. The quantitative estimate of drug-likeness (QED) is 0.755. The van der Waals surface area contributed by atoms with Crippen LogP contribution in [0.5, 0.6) is 23.0 Å². The van der Waals surface area contributed by atoms with E-state index in [1.165, 1.54) is 6.07 Å². The van der Waals surface area contributed by atoms with E-state index >= 15 is 0 Å². The zero-order valence-corrected chi connectivity index (χ0v) is 16.4. The van der Waals surface area contributed by atoms with Gasteiger partial charge in [0.15, 0.2) is 17.2 Å². The summed E-state index contributed by atoms with van der Waals surface area (Å²) >= 11 is 0. The summed E-state index contributed by atoms with van der Waals surface area (Å²) in [5, 5.41) is 14.9. The second-order valence-electron chi connectivity index (χ2n) is 6.97. The van der Waals surface area contributed by atoms with Gasteiger partial charge in [-0.25, -0.2) is 18.4 Å². The maximum Gasteiger partial charge on any atom is 0.335 e. The van der Waals surface area contributed by atoms with E-state index in [9.17, 15) is 18.3 Å². The molecule has 2 heterocycles. The van der Waals surface area contributed by atoms with Gasteiger partial charge in [-0.1, -0.05) is 0 Å². The van der Waals surface area contributed by atoms with E-state index in [4.69, 9.17) is 19.3 Å². The fourth-order valence-corrected chi connectivity index (χ4v) is 4.28. The molecule has 10 heteroatoms. The number of anilines is 1. The van der Waals surface area contributed by atoms with Crippen LogP contribution in [-0.4, -0.2) is 38.9 Å². The van der Waals surface area contributed by atoms with Crippen LogP contribution in [0.1, 0.15) is 30.1 Å². The zero-order valence-electron chi connectivity index (χ0n) is 15.6. The minimum absolute atomic E-state index is 0.00915. The van der Waals surface area contributed by atoms with Crippen LogP contribution in [0.15, 0.2) is 35.2 Å². The number of hydrogen-bond donors (Lipinski definition) is 2. The summed E-state index contributed by atoms with van der Waals surface area (Å²) in [6.45, 7) is 2.72. The molecule has 2 aliphatic rings. The molecule has 154 valence electrons. The van der Waals surface area contributed by atoms with Crippen LogP contribution in [0.4, 0.5) is 5.69 Å². The smallest absolute Gasteiger partial charge is 0.335 e. The van der Waals surface area contributed by atoms with E-state index in [2.05, 4.69) is 0 Å². The highest BCUT2D eigenvalue weighted by Crippen LogP contribution is 2.43. The Morgan fingerprint density at radius 1 is 1.24 bits per heavy atom. The Kier molecular flexibility index (Phi) is 4.75. The standard InChI is InChI=1S/C19H20N2O7S/c1-11-3-2-6-21(11)14-7-12(19(22)23)8-17(29(20,24)25)18(14)28-13-4-5-15-16(9-13)27-10-26-15/h4-5,7-9,11H,2-3,6,10H2,1H3,(H,22,23)(H2,20,24,25). The molecule has 29 heavy (non-hydrogen) atoms. The van der Waals surface area contributed by atoms with Gasteiger partial charge in [-0.15, -0.1) is 0 Å². The topological polar surface area (TPSA) is 128 Å². The highest BCUT2D eigenvalue weighted by Gasteiger charge is 2.30. The van der Waals surface area contributed by atoms with Crippen LogP contribution in [0.2, 0.25) is 0 Å². The molecule has 2 aromatic rings. The summed E-state index contributed by atoms with van der Waals surface area (Å²) in [6, 6.07) is 7.37. The Hall–Kier alpha value is -2.98. The van der Waals surface area contributed by atoms with Crippen molar-refractivity contribution in [3.63, 3.8) is 0 Å². The lowest BCUT2D eigenvalue weighted by Gasteiger charge is -2.27. The van der Waals surface area contributed by atoms with Crippen molar-refractivity contribution in [1.29, 1.82) is 0 Å². The number of sulfonamides is 1. The maximum absolute atomic E-state index is 12.3. The molecule has 0 spiro atoms. The van der Waals surface area contributed by atoms with Gasteiger partial charge in [0.05, 0.1) is 11.3 Å². The molecule has 0 radical (unpaired) electrons. The number of ether oxygens (including phenoxy) is 3. The zero-order chi connectivity index (χ0) is 20.8. The number of carbonyl (C=O) groups is 1. The number of nitrogens with zero attached hydrogens (tertiary/aromatic N) is 1. The highest BCUT2D eigenvalue weighted by molar-refractivity contribution is 7.89. The first-order valence-corrected chi connectivity index (χ1v) is 10.6. The lowest BCUT2D eigenvalue weighted by atomic mass is 10.1. The number of fused-ring (bicyclic) bond motifs is 1. The number of benzene rings is 2. The molecule has 0 aliphatic carbocycles. The molecular weight excluding hydrogens is 400 g/mol. The Morgan fingerprint density at radius 2 is 2.00 bits per heavy atom. The van der Waals surface area contributed by atoms with Gasteiger partial charge >= 0.3 is 5.97 Å². The molecule has 0 amide bonds. The van der Waals surface area contributed by atoms with E-state index in [0.29, 0.717) is 29.5 Å². The number of primary sulfonamides is 1. The van der Waals surface area contributed by atoms with E-state index in [0.717, 1.165) is 18.9 Å². The van der Waals surface area contributed by atoms with Crippen LogP contribution in [0.3, 0.4) is 0 Å². The first kappa shape index (κ1) is 19.3. The molecule has 2 aromatic carbocycles. The minimum Gasteiger partial charge on any atom is -0.478 e. The number of nitrogens with two attached hydrogens (primary N) is 1. The minimum atomic E-state index is -4.26. The van der Waals surface area contributed by atoms with Gasteiger partial charge in [0.25, 0.3) is 0 Å². The summed E-state index contributed by atoms with van der Waals surface area (Å²) in [5.41, 5.74) is 0.192. The third-order valence-corrected chi connectivity index (χ3v) is 5.93. The molecule has 1 atom stereocenters. The lowest BCUT2D eigenvalue weighted by molar-refractivity contribution is 0.0696. The van der Waals surface area contributed by atoms with Crippen LogP contribution in [0, 0.1) is 0 Å². The van der Waals surface area contributed by atoms with Crippen LogP contribution in [-0.2, 0) is 10.0 Å². The predicted octanol–water partition coefficient (Wildman–Crippen LogP) is 2.54. The van der Waals surface area contributed by atoms with E-state index < -0.39 is 16.0 Å². The lowest BCUT2D eigenvalue weighted by Crippen LogP contribution is -2.28. The van der Waals surface area contributed by atoms with Gasteiger partial charge < -0.3 is 24.2 Å². The molecule has 0 saturated carbocycles. The van der Waals surface area contributed by atoms with Crippen LogP contribution in [0.25, 0.3) is 0 Å². The molecule has 1 saturated heterocycles. The van der Waals surface area contributed by atoms with Crippen molar-refractivity contribution in [3.8, 4) is 23.0 Å². The number of carboxylic acid groups (broad SMARTS) is 1. The predicted molar refractivity (Wildman–Crippen MR) is 103 cm³/mol. The molecular formula is C19H20N2O7S. The van der Waals surface area contributed by atoms with Crippen molar-refractivity contribution in [2.24, 2.45) is 5.14 Å². The molecule has 4 rings (SSSR count). The maximum atomic E-state index is 12.3. The van der Waals surface area contributed by atoms with Gasteiger partial charge in [-0.2, -0.15) is 0 Å².